The molecule has 0 unspecified atom stereocenters. The average Bonchev–Trinajstić information content (AvgIpc) is 2.61. The predicted molar refractivity (Wildman–Crippen MR) is 100 cm³/mol. The third kappa shape index (κ3) is 8.92. The number of ether oxygens (including phenoxy) is 2. The van der Waals surface area contributed by atoms with Gasteiger partial charge in [0.2, 0.25) is 0 Å². The normalized spacial score (nSPS) is 10.7. The highest BCUT2D eigenvalue weighted by molar-refractivity contribution is 6.17. The lowest BCUT2D eigenvalue weighted by Gasteiger charge is -2.11. The van der Waals surface area contributed by atoms with Crippen LogP contribution in [0.4, 0.5) is 0 Å². The fourth-order valence-electron chi connectivity index (χ4n) is 2.31. The highest BCUT2D eigenvalue weighted by Gasteiger charge is 2.19. The number of alkyl halides is 1. The van der Waals surface area contributed by atoms with E-state index in [9.17, 15) is 9.59 Å². The average molecular weight is 369 g/mol. The minimum atomic E-state index is -0.486. The second kappa shape index (κ2) is 12.8. The molecule has 1 rings (SSSR count). The molecular formula is C20H29ClO4. The largest absolute Gasteiger partial charge is 0.462 e. The van der Waals surface area contributed by atoms with Crippen LogP contribution in [0.2, 0.25) is 0 Å². The van der Waals surface area contributed by atoms with E-state index in [-0.39, 0.29) is 17.0 Å². The minimum absolute atomic E-state index is 0.243. The highest BCUT2D eigenvalue weighted by Crippen LogP contribution is 2.13. The molecule has 4 nitrogen and oxygen atoms in total. The van der Waals surface area contributed by atoms with Gasteiger partial charge in [0.05, 0.1) is 24.3 Å². The van der Waals surface area contributed by atoms with Crippen molar-refractivity contribution in [3.63, 3.8) is 0 Å². The molecule has 1 aromatic carbocycles. The summed E-state index contributed by atoms with van der Waals surface area (Å²) >= 11 is 5.64. The second-order valence-corrected chi connectivity index (χ2v) is 6.86. The molecule has 0 N–H and O–H groups in total. The molecule has 0 aliphatic heterocycles. The van der Waals surface area contributed by atoms with Crippen LogP contribution in [0.5, 0.6) is 0 Å². The van der Waals surface area contributed by atoms with E-state index in [1.54, 1.807) is 24.3 Å². The van der Waals surface area contributed by atoms with Gasteiger partial charge in [0.1, 0.15) is 0 Å². The third-order valence-electron chi connectivity index (χ3n) is 3.68. The summed E-state index contributed by atoms with van der Waals surface area (Å²) in [5.41, 5.74) is 0.521. The molecule has 0 saturated carbocycles. The van der Waals surface area contributed by atoms with Crippen LogP contribution in [0.1, 0.15) is 73.1 Å². The molecule has 0 aliphatic rings. The van der Waals surface area contributed by atoms with Crippen LogP contribution >= 0.6 is 11.6 Å². The molecule has 0 amide bonds. The standard InChI is InChI=1S/C20H29ClO4/c1-16(2)15-25-20(23)18-12-8-7-11-17(18)19(22)24-14-10-6-4-3-5-9-13-21/h7-8,11-12,16H,3-6,9-10,13-15H2,1-2H3. The van der Waals surface area contributed by atoms with Crippen molar-refractivity contribution >= 4 is 23.5 Å². The Morgan fingerprint density at radius 2 is 1.40 bits per heavy atom. The lowest BCUT2D eigenvalue weighted by atomic mass is 10.1. The van der Waals surface area contributed by atoms with Crippen LogP contribution in [0.15, 0.2) is 24.3 Å². The molecule has 0 radical (unpaired) electrons. The summed E-state index contributed by atoms with van der Waals surface area (Å²) in [5, 5.41) is 0. The Kier molecular flexibility index (Phi) is 11.0. The zero-order valence-electron chi connectivity index (χ0n) is 15.3. The molecule has 0 aliphatic carbocycles. The number of carbonyl (C=O) groups is 2. The van der Waals surface area contributed by atoms with E-state index in [2.05, 4.69) is 0 Å². The molecule has 0 spiro atoms. The first-order valence-corrected chi connectivity index (χ1v) is 9.59. The number of carbonyl (C=O) groups excluding carboxylic acids is 2. The van der Waals surface area contributed by atoms with Crippen molar-refractivity contribution < 1.29 is 19.1 Å². The van der Waals surface area contributed by atoms with Gasteiger partial charge in [0.15, 0.2) is 0 Å². The molecule has 1 aromatic rings. The summed E-state index contributed by atoms with van der Waals surface area (Å²) in [5.74, 6) is 0.00339. The Labute approximate surface area is 155 Å². The molecule has 0 atom stereocenters. The number of halogens is 1. The molecule has 5 heteroatoms. The van der Waals surface area contributed by atoms with E-state index in [0.29, 0.717) is 13.2 Å². The molecule has 0 saturated heterocycles. The van der Waals surface area contributed by atoms with E-state index in [1.165, 1.54) is 0 Å². The predicted octanol–water partition coefficient (Wildman–Crippen LogP) is 5.24. The SMILES string of the molecule is CC(C)COC(=O)c1ccccc1C(=O)OCCCCCCCCCl. The van der Waals surface area contributed by atoms with E-state index >= 15 is 0 Å². The van der Waals surface area contributed by atoms with E-state index in [0.717, 1.165) is 44.4 Å². The lowest BCUT2D eigenvalue weighted by Crippen LogP contribution is -2.16. The van der Waals surface area contributed by atoms with Crippen LogP contribution in [-0.2, 0) is 9.47 Å². The summed E-state index contributed by atoms with van der Waals surface area (Å²) in [6.07, 6.45) is 6.33. The summed E-state index contributed by atoms with van der Waals surface area (Å²) in [4.78, 5) is 24.4. The third-order valence-corrected chi connectivity index (χ3v) is 3.94. The van der Waals surface area contributed by atoms with E-state index < -0.39 is 11.9 Å². The van der Waals surface area contributed by atoms with Crippen LogP contribution in [0.25, 0.3) is 0 Å². The Balaban J connectivity index is 2.41. The van der Waals surface area contributed by atoms with Gasteiger partial charge in [0.25, 0.3) is 0 Å². The molecule has 140 valence electrons. The highest BCUT2D eigenvalue weighted by atomic mass is 35.5. The van der Waals surface area contributed by atoms with Crippen molar-refractivity contribution in [3.05, 3.63) is 35.4 Å². The van der Waals surface area contributed by atoms with Crippen LogP contribution in [0, 0.1) is 5.92 Å². The summed E-state index contributed by atoms with van der Waals surface area (Å²) in [6.45, 7) is 4.61. The Hall–Kier alpha value is -1.55. The molecular weight excluding hydrogens is 340 g/mol. The molecule has 0 heterocycles. The van der Waals surface area contributed by atoms with E-state index in [1.807, 2.05) is 13.8 Å². The summed E-state index contributed by atoms with van der Waals surface area (Å²) in [7, 11) is 0. The summed E-state index contributed by atoms with van der Waals surface area (Å²) in [6, 6.07) is 6.62. The van der Waals surface area contributed by atoms with Gasteiger partial charge in [-0.25, -0.2) is 9.59 Å². The van der Waals surface area contributed by atoms with Crippen LogP contribution < -0.4 is 0 Å². The first-order valence-electron chi connectivity index (χ1n) is 9.05. The Bertz CT molecular complexity index is 528. The minimum Gasteiger partial charge on any atom is -0.462 e. The maximum absolute atomic E-state index is 12.2. The van der Waals surface area contributed by atoms with Crippen molar-refractivity contribution in [2.75, 3.05) is 19.1 Å². The zero-order valence-corrected chi connectivity index (χ0v) is 16.0. The maximum Gasteiger partial charge on any atom is 0.339 e. The summed E-state index contributed by atoms with van der Waals surface area (Å²) < 4.78 is 10.5. The van der Waals surface area contributed by atoms with Crippen molar-refractivity contribution in [2.24, 2.45) is 5.92 Å². The van der Waals surface area contributed by atoms with Crippen molar-refractivity contribution in [1.82, 2.24) is 0 Å². The smallest absolute Gasteiger partial charge is 0.339 e. The van der Waals surface area contributed by atoms with Crippen molar-refractivity contribution in [1.29, 1.82) is 0 Å². The van der Waals surface area contributed by atoms with Crippen LogP contribution in [-0.4, -0.2) is 31.0 Å². The Morgan fingerprint density at radius 1 is 0.880 bits per heavy atom. The topological polar surface area (TPSA) is 52.6 Å². The fraction of sp³-hybridized carbons (Fsp3) is 0.600. The first kappa shape index (κ1) is 21.5. The molecule has 0 bridgehead atoms. The number of unbranched alkanes of at least 4 members (excludes halogenated alkanes) is 5. The van der Waals surface area contributed by atoms with Gasteiger partial charge in [-0.05, 0) is 30.9 Å². The van der Waals surface area contributed by atoms with Crippen molar-refractivity contribution in [3.8, 4) is 0 Å². The number of esters is 2. The van der Waals surface area contributed by atoms with Crippen LogP contribution in [0.3, 0.4) is 0 Å². The number of rotatable bonds is 12. The van der Waals surface area contributed by atoms with E-state index in [4.69, 9.17) is 21.1 Å². The van der Waals surface area contributed by atoms with Gasteiger partial charge in [-0.15, -0.1) is 11.6 Å². The quantitative estimate of drug-likeness (QED) is 0.288. The van der Waals surface area contributed by atoms with Gasteiger partial charge < -0.3 is 9.47 Å². The Morgan fingerprint density at radius 3 is 1.96 bits per heavy atom. The van der Waals surface area contributed by atoms with Crippen molar-refractivity contribution in [2.45, 2.75) is 52.4 Å². The number of hydrogen-bond donors (Lipinski definition) is 0. The van der Waals surface area contributed by atoms with Gasteiger partial charge in [-0.2, -0.15) is 0 Å². The van der Waals surface area contributed by atoms with Gasteiger partial charge in [-0.3, -0.25) is 0 Å². The number of benzene rings is 1. The number of hydrogen-bond acceptors (Lipinski definition) is 4. The zero-order chi connectivity index (χ0) is 18.5. The first-order chi connectivity index (χ1) is 12.1. The van der Waals surface area contributed by atoms with Gasteiger partial charge in [-0.1, -0.05) is 51.7 Å². The molecule has 0 fully saturated rings. The van der Waals surface area contributed by atoms with Gasteiger partial charge >= 0.3 is 11.9 Å². The molecule has 0 aromatic heterocycles. The maximum atomic E-state index is 12.2. The second-order valence-electron chi connectivity index (χ2n) is 6.48. The molecule has 25 heavy (non-hydrogen) atoms. The lowest BCUT2D eigenvalue weighted by molar-refractivity contribution is 0.0427. The van der Waals surface area contributed by atoms with Gasteiger partial charge in [0, 0.05) is 5.88 Å². The monoisotopic (exact) mass is 368 g/mol. The fourth-order valence-corrected chi connectivity index (χ4v) is 2.49.